The van der Waals surface area contributed by atoms with Gasteiger partial charge in [0.15, 0.2) is 0 Å². The second-order valence-electron chi connectivity index (χ2n) is 4.69. The zero-order chi connectivity index (χ0) is 13.8. The smallest absolute Gasteiger partial charge is 0.253 e. The van der Waals surface area contributed by atoms with E-state index in [2.05, 4.69) is 15.2 Å². The molecule has 2 rings (SSSR count). The highest BCUT2D eigenvalue weighted by molar-refractivity contribution is 5.94. The van der Waals surface area contributed by atoms with E-state index in [0.29, 0.717) is 6.61 Å². The van der Waals surface area contributed by atoms with Crippen LogP contribution < -0.4 is 5.32 Å². The van der Waals surface area contributed by atoms with Crippen molar-refractivity contribution in [1.29, 1.82) is 0 Å². The first-order chi connectivity index (χ1) is 9.10. The van der Waals surface area contributed by atoms with E-state index in [0.717, 1.165) is 19.3 Å². The Morgan fingerprint density at radius 1 is 1.58 bits per heavy atom. The summed E-state index contributed by atoms with van der Waals surface area (Å²) in [6.07, 6.45) is 2.40. The Balaban J connectivity index is 2.01. The van der Waals surface area contributed by atoms with Crippen molar-refractivity contribution >= 4 is 5.91 Å². The number of nitrogens with one attached hydrogen (secondary N) is 1. The molecule has 1 aliphatic heterocycles. The number of pyridine rings is 1. The maximum Gasteiger partial charge on any atom is 0.253 e. The molecule has 1 saturated heterocycles. The number of likely N-dealkylation sites (tertiary alicyclic amines) is 1. The normalized spacial score (nSPS) is 23.5. The van der Waals surface area contributed by atoms with Gasteiger partial charge in [-0.2, -0.15) is 0 Å². The molecular weight excluding hydrogens is 249 g/mol. The standard InChI is InChI=1S/C13H18FN3O2/c1-3-19-12-8-17(2)7-11(12)16-13(18)9-4-10(14)6-15-5-9/h4-6,11-12H,3,7-8H2,1-2H3,(H,16,18)/t11-,12-/m0/s1. The van der Waals surface area contributed by atoms with Gasteiger partial charge in [-0.15, -0.1) is 0 Å². The molecule has 1 amide bonds. The summed E-state index contributed by atoms with van der Waals surface area (Å²) in [7, 11) is 1.97. The number of nitrogens with zero attached hydrogens (tertiary/aromatic N) is 2. The van der Waals surface area contributed by atoms with Crippen LogP contribution in [0.2, 0.25) is 0 Å². The number of rotatable bonds is 4. The third kappa shape index (κ3) is 3.48. The molecule has 104 valence electrons. The number of amides is 1. The first-order valence-corrected chi connectivity index (χ1v) is 6.31. The molecule has 5 nitrogen and oxygen atoms in total. The van der Waals surface area contributed by atoms with Crippen LogP contribution in [0.15, 0.2) is 18.5 Å². The number of hydrogen-bond acceptors (Lipinski definition) is 4. The van der Waals surface area contributed by atoms with Crippen molar-refractivity contribution in [2.75, 3.05) is 26.7 Å². The van der Waals surface area contributed by atoms with Crippen LogP contribution in [-0.2, 0) is 4.74 Å². The summed E-state index contributed by atoms with van der Waals surface area (Å²) in [4.78, 5) is 17.8. The first-order valence-electron chi connectivity index (χ1n) is 6.31. The van der Waals surface area contributed by atoms with E-state index in [1.54, 1.807) is 0 Å². The van der Waals surface area contributed by atoms with Crippen LogP contribution >= 0.6 is 0 Å². The zero-order valence-electron chi connectivity index (χ0n) is 11.1. The summed E-state index contributed by atoms with van der Waals surface area (Å²) >= 11 is 0. The Morgan fingerprint density at radius 2 is 2.37 bits per heavy atom. The highest BCUT2D eigenvalue weighted by atomic mass is 19.1. The molecule has 0 bridgehead atoms. The maximum atomic E-state index is 13.0. The molecule has 1 aromatic rings. The van der Waals surface area contributed by atoms with Crippen molar-refractivity contribution in [1.82, 2.24) is 15.2 Å². The lowest BCUT2D eigenvalue weighted by Gasteiger charge is -2.19. The molecule has 1 fully saturated rings. The van der Waals surface area contributed by atoms with Crippen LogP contribution in [0.3, 0.4) is 0 Å². The Morgan fingerprint density at radius 3 is 3.05 bits per heavy atom. The summed E-state index contributed by atoms with van der Waals surface area (Å²) in [6.45, 7) is 4.03. The molecule has 1 N–H and O–H groups in total. The van der Waals surface area contributed by atoms with E-state index >= 15 is 0 Å². The van der Waals surface area contributed by atoms with Gasteiger partial charge in [-0.3, -0.25) is 9.78 Å². The largest absolute Gasteiger partial charge is 0.375 e. The third-order valence-electron chi connectivity index (χ3n) is 3.11. The lowest BCUT2D eigenvalue weighted by atomic mass is 10.2. The van der Waals surface area contributed by atoms with Crippen molar-refractivity contribution in [2.45, 2.75) is 19.1 Å². The molecule has 0 unspecified atom stereocenters. The van der Waals surface area contributed by atoms with Gasteiger partial charge in [-0.25, -0.2) is 4.39 Å². The predicted molar refractivity (Wildman–Crippen MR) is 68.4 cm³/mol. The van der Waals surface area contributed by atoms with Gasteiger partial charge in [0.25, 0.3) is 5.91 Å². The Kier molecular flexibility index (Phi) is 4.44. The van der Waals surface area contributed by atoms with E-state index in [1.807, 2.05) is 14.0 Å². The minimum atomic E-state index is -0.516. The average molecular weight is 267 g/mol. The van der Waals surface area contributed by atoms with Crippen LogP contribution in [0.5, 0.6) is 0 Å². The number of carbonyl (C=O) groups excluding carboxylic acids is 1. The molecule has 1 aromatic heterocycles. The first kappa shape index (κ1) is 13.9. The molecule has 1 aliphatic rings. The fourth-order valence-corrected chi connectivity index (χ4v) is 2.27. The number of aromatic nitrogens is 1. The van der Waals surface area contributed by atoms with E-state index in [-0.39, 0.29) is 23.6 Å². The zero-order valence-corrected chi connectivity index (χ0v) is 11.1. The molecule has 0 radical (unpaired) electrons. The number of carbonyl (C=O) groups is 1. The summed E-state index contributed by atoms with van der Waals surface area (Å²) in [6, 6.07) is 1.09. The average Bonchev–Trinajstić information content (AvgIpc) is 2.70. The molecular formula is C13H18FN3O2. The number of halogens is 1. The molecule has 0 spiro atoms. The number of hydrogen-bond donors (Lipinski definition) is 1. The van der Waals surface area contributed by atoms with Crippen molar-refractivity contribution in [3.63, 3.8) is 0 Å². The van der Waals surface area contributed by atoms with E-state index in [1.165, 1.54) is 12.3 Å². The van der Waals surface area contributed by atoms with Crippen LogP contribution in [-0.4, -0.2) is 54.7 Å². The minimum absolute atomic E-state index is 0.0273. The summed E-state index contributed by atoms with van der Waals surface area (Å²) in [5.74, 6) is -0.838. The maximum absolute atomic E-state index is 13.0. The molecule has 0 aliphatic carbocycles. The fraction of sp³-hybridized carbons (Fsp3) is 0.538. The second kappa shape index (κ2) is 6.08. The fourth-order valence-electron chi connectivity index (χ4n) is 2.27. The predicted octanol–water partition coefficient (Wildman–Crippen LogP) is 0.670. The van der Waals surface area contributed by atoms with Crippen molar-refractivity contribution in [3.05, 3.63) is 29.8 Å². The summed E-state index contributed by atoms with van der Waals surface area (Å²) in [5, 5.41) is 2.88. The molecule has 6 heteroatoms. The van der Waals surface area contributed by atoms with Crippen molar-refractivity contribution in [2.24, 2.45) is 0 Å². The molecule has 2 heterocycles. The third-order valence-corrected chi connectivity index (χ3v) is 3.11. The molecule has 0 aromatic carbocycles. The van der Waals surface area contributed by atoms with E-state index < -0.39 is 5.82 Å². The summed E-state index contributed by atoms with van der Waals surface area (Å²) < 4.78 is 18.6. The van der Waals surface area contributed by atoms with Gasteiger partial charge >= 0.3 is 0 Å². The second-order valence-corrected chi connectivity index (χ2v) is 4.69. The SMILES string of the molecule is CCO[C@H]1CN(C)C[C@@H]1NC(=O)c1cncc(F)c1. The van der Waals surface area contributed by atoms with Crippen LogP contribution in [0.1, 0.15) is 17.3 Å². The van der Waals surface area contributed by atoms with Crippen molar-refractivity contribution in [3.8, 4) is 0 Å². The monoisotopic (exact) mass is 267 g/mol. The van der Waals surface area contributed by atoms with Crippen LogP contribution in [0.25, 0.3) is 0 Å². The van der Waals surface area contributed by atoms with Gasteiger partial charge in [0.2, 0.25) is 0 Å². The number of ether oxygens (including phenoxy) is 1. The van der Waals surface area contributed by atoms with Gasteiger partial charge in [0.1, 0.15) is 5.82 Å². The van der Waals surface area contributed by atoms with Gasteiger partial charge in [-0.05, 0) is 20.0 Å². The van der Waals surface area contributed by atoms with Gasteiger partial charge in [0, 0.05) is 25.9 Å². The van der Waals surface area contributed by atoms with Gasteiger partial charge in [-0.1, -0.05) is 0 Å². The highest BCUT2D eigenvalue weighted by Crippen LogP contribution is 2.13. The Bertz CT molecular complexity index is 455. The lowest BCUT2D eigenvalue weighted by Crippen LogP contribution is -2.44. The van der Waals surface area contributed by atoms with Gasteiger partial charge < -0.3 is 15.0 Å². The summed E-state index contributed by atoms with van der Waals surface area (Å²) in [5.41, 5.74) is 0.227. The van der Waals surface area contributed by atoms with Crippen molar-refractivity contribution < 1.29 is 13.9 Å². The van der Waals surface area contributed by atoms with Crippen LogP contribution in [0, 0.1) is 5.82 Å². The van der Waals surface area contributed by atoms with E-state index in [4.69, 9.17) is 4.74 Å². The molecule has 0 saturated carbocycles. The van der Waals surface area contributed by atoms with Gasteiger partial charge in [0.05, 0.1) is 23.9 Å². The Labute approximate surface area is 111 Å². The highest BCUT2D eigenvalue weighted by Gasteiger charge is 2.32. The number of likely N-dealkylation sites (N-methyl/N-ethyl adjacent to an activating group) is 1. The minimum Gasteiger partial charge on any atom is -0.375 e. The molecule has 2 atom stereocenters. The quantitative estimate of drug-likeness (QED) is 0.871. The lowest BCUT2D eigenvalue weighted by molar-refractivity contribution is 0.0513. The van der Waals surface area contributed by atoms with E-state index in [9.17, 15) is 9.18 Å². The van der Waals surface area contributed by atoms with Crippen LogP contribution in [0.4, 0.5) is 4.39 Å². The topological polar surface area (TPSA) is 54.5 Å². The molecule has 19 heavy (non-hydrogen) atoms. The Hall–Kier alpha value is -1.53.